The minimum atomic E-state index is -4.31. The van der Waals surface area contributed by atoms with Crippen LogP contribution >= 0.6 is 0 Å². The van der Waals surface area contributed by atoms with E-state index in [1.807, 2.05) is 20.8 Å². The van der Waals surface area contributed by atoms with E-state index in [9.17, 15) is 13.2 Å². The van der Waals surface area contributed by atoms with Crippen LogP contribution in [-0.4, -0.2) is 28.5 Å². The molecule has 0 radical (unpaired) electrons. The fourth-order valence-corrected chi connectivity index (χ4v) is 1.34. The van der Waals surface area contributed by atoms with E-state index < -0.39 is 12.6 Å². The molecule has 1 heterocycles. The van der Waals surface area contributed by atoms with Gasteiger partial charge in [0.05, 0.1) is 0 Å². The van der Waals surface area contributed by atoms with E-state index in [4.69, 9.17) is 4.42 Å². The van der Waals surface area contributed by atoms with Crippen LogP contribution in [0.3, 0.4) is 0 Å². The van der Waals surface area contributed by atoms with Gasteiger partial charge < -0.3 is 9.73 Å². The van der Waals surface area contributed by atoms with Gasteiger partial charge in [-0.2, -0.15) is 13.2 Å². The van der Waals surface area contributed by atoms with Crippen molar-refractivity contribution in [2.45, 2.75) is 51.7 Å². The van der Waals surface area contributed by atoms with Gasteiger partial charge in [-0.1, -0.05) is 0 Å². The SMILES string of the molecule is CC(C)(C)NCCCc1nnc(CC(F)(F)F)o1. The van der Waals surface area contributed by atoms with Crippen LogP contribution in [-0.2, 0) is 12.8 Å². The maximum Gasteiger partial charge on any atom is 0.397 e. The highest BCUT2D eigenvalue weighted by Gasteiger charge is 2.30. The molecule has 104 valence electrons. The molecule has 0 saturated carbocycles. The predicted octanol–water partition coefficient (Wildman–Crippen LogP) is 2.50. The Kier molecular flexibility index (Phi) is 4.72. The third-order valence-electron chi connectivity index (χ3n) is 2.08. The van der Waals surface area contributed by atoms with Crippen LogP contribution in [0, 0.1) is 0 Å². The molecule has 0 aliphatic rings. The molecular formula is C11H18F3N3O. The molecule has 0 spiro atoms. The number of hydrogen-bond donors (Lipinski definition) is 1. The van der Waals surface area contributed by atoms with Crippen LogP contribution in [0.4, 0.5) is 13.2 Å². The number of hydrogen-bond acceptors (Lipinski definition) is 4. The van der Waals surface area contributed by atoms with Crippen LogP contribution < -0.4 is 5.32 Å². The van der Waals surface area contributed by atoms with Crippen molar-refractivity contribution in [1.29, 1.82) is 0 Å². The number of nitrogens with zero attached hydrogens (tertiary/aromatic N) is 2. The van der Waals surface area contributed by atoms with Gasteiger partial charge in [-0.05, 0) is 33.7 Å². The molecule has 1 rings (SSSR count). The molecule has 0 unspecified atom stereocenters. The van der Waals surface area contributed by atoms with Crippen molar-refractivity contribution in [2.24, 2.45) is 0 Å². The van der Waals surface area contributed by atoms with Crippen molar-refractivity contribution in [3.8, 4) is 0 Å². The summed E-state index contributed by atoms with van der Waals surface area (Å²) in [6.45, 7) is 6.88. The predicted molar refractivity (Wildman–Crippen MR) is 60.1 cm³/mol. The van der Waals surface area contributed by atoms with Crippen molar-refractivity contribution in [3.05, 3.63) is 11.8 Å². The summed E-state index contributed by atoms with van der Waals surface area (Å²) in [5.41, 5.74) is 0.0241. The molecule has 0 aliphatic carbocycles. The van der Waals surface area contributed by atoms with Crippen LogP contribution in [0.2, 0.25) is 0 Å². The van der Waals surface area contributed by atoms with E-state index in [-0.39, 0.29) is 17.3 Å². The fourth-order valence-electron chi connectivity index (χ4n) is 1.34. The summed E-state index contributed by atoms with van der Waals surface area (Å²) < 4.78 is 41.1. The molecule has 0 bridgehead atoms. The van der Waals surface area contributed by atoms with Gasteiger partial charge in [-0.15, -0.1) is 10.2 Å². The Morgan fingerprint density at radius 3 is 2.28 bits per heavy atom. The lowest BCUT2D eigenvalue weighted by atomic mass is 10.1. The summed E-state index contributed by atoms with van der Waals surface area (Å²) >= 11 is 0. The van der Waals surface area contributed by atoms with Gasteiger partial charge in [0.15, 0.2) is 0 Å². The van der Waals surface area contributed by atoms with Crippen LogP contribution in [0.15, 0.2) is 4.42 Å². The molecule has 18 heavy (non-hydrogen) atoms. The second-order valence-electron chi connectivity index (χ2n) is 5.16. The minimum absolute atomic E-state index is 0.0241. The van der Waals surface area contributed by atoms with Crippen molar-refractivity contribution >= 4 is 0 Å². The lowest BCUT2D eigenvalue weighted by Gasteiger charge is -2.19. The van der Waals surface area contributed by atoms with E-state index in [1.54, 1.807) is 0 Å². The quantitative estimate of drug-likeness (QED) is 0.831. The summed E-state index contributed by atoms with van der Waals surface area (Å²) in [6.07, 6.45) is -4.25. The van der Waals surface area contributed by atoms with Crippen molar-refractivity contribution in [3.63, 3.8) is 0 Å². The van der Waals surface area contributed by atoms with E-state index in [0.717, 1.165) is 13.0 Å². The van der Waals surface area contributed by atoms with Gasteiger partial charge in [-0.25, -0.2) is 0 Å². The number of rotatable bonds is 5. The Morgan fingerprint density at radius 2 is 1.72 bits per heavy atom. The lowest BCUT2D eigenvalue weighted by molar-refractivity contribution is -0.130. The van der Waals surface area contributed by atoms with Crippen molar-refractivity contribution in [2.75, 3.05) is 6.54 Å². The molecule has 0 saturated heterocycles. The third-order valence-corrected chi connectivity index (χ3v) is 2.08. The standard InChI is InChI=1S/C11H18F3N3O/c1-10(2,3)15-6-4-5-8-16-17-9(18-8)7-11(12,13)14/h15H,4-7H2,1-3H3. The largest absolute Gasteiger partial charge is 0.425 e. The normalized spacial score (nSPS) is 13.0. The molecular weight excluding hydrogens is 247 g/mol. The number of nitrogens with one attached hydrogen (secondary N) is 1. The van der Waals surface area contributed by atoms with Gasteiger partial charge >= 0.3 is 6.18 Å². The molecule has 0 fully saturated rings. The topological polar surface area (TPSA) is 51.0 Å². The molecule has 0 aliphatic heterocycles. The lowest BCUT2D eigenvalue weighted by Crippen LogP contribution is -2.36. The number of aryl methyl sites for hydroxylation is 1. The first-order chi connectivity index (χ1) is 8.16. The van der Waals surface area contributed by atoms with Gasteiger partial charge in [0.1, 0.15) is 6.42 Å². The highest BCUT2D eigenvalue weighted by atomic mass is 19.4. The minimum Gasteiger partial charge on any atom is -0.425 e. The van der Waals surface area contributed by atoms with Crippen LogP contribution in [0.1, 0.15) is 39.0 Å². The number of aromatic nitrogens is 2. The first kappa shape index (κ1) is 14.9. The van der Waals surface area contributed by atoms with Gasteiger partial charge in [0.2, 0.25) is 11.8 Å². The molecule has 1 aromatic heterocycles. The maximum absolute atomic E-state index is 12.1. The van der Waals surface area contributed by atoms with Crippen molar-refractivity contribution < 1.29 is 17.6 Å². The molecule has 0 aromatic carbocycles. The summed E-state index contributed by atoms with van der Waals surface area (Å²) in [5.74, 6) is -0.119. The molecule has 0 amide bonds. The Morgan fingerprint density at radius 1 is 1.11 bits per heavy atom. The summed E-state index contributed by atoms with van der Waals surface area (Å²) in [5, 5.41) is 10.2. The third kappa shape index (κ3) is 6.58. The first-order valence-corrected chi connectivity index (χ1v) is 5.79. The first-order valence-electron chi connectivity index (χ1n) is 5.79. The van der Waals surface area contributed by atoms with Gasteiger partial charge in [0.25, 0.3) is 0 Å². The second kappa shape index (κ2) is 5.69. The Labute approximate surface area is 104 Å². The summed E-state index contributed by atoms with van der Waals surface area (Å²) in [6, 6.07) is 0. The molecule has 0 atom stereocenters. The van der Waals surface area contributed by atoms with Crippen LogP contribution in [0.25, 0.3) is 0 Å². The Hall–Kier alpha value is -1.11. The molecule has 4 nitrogen and oxygen atoms in total. The fraction of sp³-hybridized carbons (Fsp3) is 0.818. The summed E-state index contributed by atoms with van der Waals surface area (Å²) in [7, 11) is 0. The van der Waals surface area contributed by atoms with E-state index in [2.05, 4.69) is 15.5 Å². The van der Waals surface area contributed by atoms with E-state index >= 15 is 0 Å². The maximum atomic E-state index is 12.1. The average molecular weight is 265 g/mol. The highest BCUT2D eigenvalue weighted by molar-refractivity contribution is 4.85. The smallest absolute Gasteiger partial charge is 0.397 e. The molecule has 7 heteroatoms. The Balaban J connectivity index is 2.32. The van der Waals surface area contributed by atoms with Gasteiger partial charge in [-0.3, -0.25) is 0 Å². The van der Waals surface area contributed by atoms with E-state index in [1.165, 1.54) is 0 Å². The van der Waals surface area contributed by atoms with Gasteiger partial charge in [0, 0.05) is 12.0 Å². The zero-order valence-electron chi connectivity index (χ0n) is 10.8. The Bertz CT molecular complexity index is 368. The average Bonchev–Trinajstić information content (AvgIpc) is 2.56. The zero-order valence-corrected chi connectivity index (χ0v) is 10.8. The number of halogens is 3. The molecule has 1 N–H and O–H groups in total. The van der Waals surface area contributed by atoms with Crippen LogP contribution in [0.5, 0.6) is 0 Å². The van der Waals surface area contributed by atoms with Crippen molar-refractivity contribution in [1.82, 2.24) is 15.5 Å². The van der Waals surface area contributed by atoms with E-state index in [0.29, 0.717) is 6.42 Å². The second-order valence-corrected chi connectivity index (χ2v) is 5.16. The monoisotopic (exact) mass is 265 g/mol. The molecule has 1 aromatic rings. The zero-order chi connectivity index (χ0) is 13.8. The number of alkyl halides is 3. The highest BCUT2D eigenvalue weighted by Crippen LogP contribution is 2.20. The summed E-state index contributed by atoms with van der Waals surface area (Å²) in [4.78, 5) is 0.